The first-order chi connectivity index (χ1) is 15.5. The summed E-state index contributed by atoms with van der Waals surface area (Å²) < 4.78 is 5.67. The molecule has 3 aliphatic rings. The van der Waals surface area contributed by atoms with Gasteiger partial charge in [0.25, 0.3) is 17.5 Å². The van der Waals surface area contributed by atoms with Gasteiger partial charge in [-0.1, -0.05) is 24.3 Å². The highest BCUT2D eigenvalue weighted by molar-refractivity contribution is 6.35. The Bertz CT molecular complexity index is 1120. The molecule has 2 aromatic carbocycles. The number of nitro groups is 1. The van der Waals surface area contributed by atoms with E-state index in [0.29, 0.717) is 36.5 Å². The van der Waals surface area contributed by atoms with E-state index in [9.17, 15) is 19.7 Å². The van der Waals surface area contributed by atoms with Crippen LogP contribution in [0.15, 0.2) is 54.2 Å². The molecule has 0 N–H and O–H groups in total. The first-order valence-corrected chi connectivity index (χ1v) is 10.8. The van der Waals surface area contributed by atoms with E-state index in [2.05, 4.69) is 6.07 Å². The molecule has 32 heavy (non-hydrogen) atoms. The number of nitro benzene ring substituents is 1. The lowest BCUT2D eigenvalue weighted by atomic mass is 9.98. The van der Waals surface area contributed by atoms with Crippen molar-refractivity contribution in [1.82, 2.24) is 9.80 Å². The summed E-state index contributed by atoms with van der Waals surface area (Å²) in [4.78, 5) is 40.8. The molecule has 0 radical (unpaired) electrons. The summed E-state index contributed by atoms with van der Waals surface area (Å²) in [7, 11) is 0. The summed E-state index contributed by atoms with van der Waals surface area (Å²) in [5.74, 6) is -0.688. The molecule has 2 amide bonds. The molecule has 8 heteroatoms. The maximum Gasteiger partial charge on any atom is 0.277 e. The third kappa shape index (κ3) is 3.56. The zero-order chi connectivity index (χ0) is 22.2. The first-order valence-electron chi connectivity index (χ1n) is 10.8. The predicted octanol–water partition coefficient (Wildman–Crippen LogP) is 2.91. The van der Waals surface area contributed by atoms with Gasteiger partial charge in [-0.05, 0) is 48.1 Å². The second-order valence-corrected chi connectivity index (χ2v) is 8.32. The Kier molecular flexibility index (Phi) is 5.22. The number of hydrogen-bond acceptors (Lipinski definition) is 6. The molecule has 0 aliphatic carbocycles. The van der Waals surface area contributed by atoms with E-state index in [0.717, 1.165) is 24.8 Å². The number of ether oxygens (including phenoxy) is 1. The van der Waals surface area contributed by atoms with Gasteiger partial charge < -0.3 is 9.64 Å². The Morgan fingerprint density at radius 2 is 1.78 bits per heavy atom. The summed E-state index contributed by atoms with van der Waals surface area (Å²) in [5.41, 5.74) is 3.51. The van der Waals surface area contributed by atoms with Crippen molar-refractivity contribution in [3.05, 3.63) is 81.0 Å². The number of benzene rings is 2. The third-order valence-corrected chi connectivity index (χ3v) is 6.37. The molecule has 3 aliphatic heterocycles. The molecule has 3 heterocycles. The highest BCUT2D eigenvalue weighted by atomic mass is 16.6. The highest BCUT2D eigenvalue weighted by Crippen LogP contribution is 2.35. The molecule has 5 rings (SSSR count). The second-order valence-electron chi connectivity index (χ2n) is 8.32. The molecule has 0 saturated carbocycles. The Labute approximate surface area is 185 Å². The molecule has 1 atom stereocenters. The minimum Gasteiger partial charge on any atom is -0.376 e. The van der Waals surface area contributed by atoms with Crippen molar-refractivity contribution in [3.8, 4) is 0 Å². The standard InChI is InChI=1S/C24H23N3O5/c28-23-21(17-7-9-19(10-8-17)27(30)31)22(24(29)26(23)15-20-6-3-13-32-20)25-12-11-16-4-1-2-5-18(16)14-25/h1-2,4-5,7-10,20H,3,6,11-15H2. The van der Waals surface area contributed by atoms with Gasteiger partial charge in [0.1, 0.15) is 5.70 Å². The number of nitrogens with zero attached hydrogens (tertiary/aromatic N) is 3. The van der Waals surface area contributed by atoms with Gasteiger partial charge in [-0.25, -0.2) is 0 Å². The maximum absolute atomic E-state index is 13.5. The fraction of sp³-hybridized carbons (Fsp3) is 0.333. The molecule has 0 spiro atoms. The zero-order valence-electron chi connectivity index (χ0n) is 17.5. The SMILES string of the molecule is O=C1C(c2ccc([N+](=O)[O-])cc2)=C(N2CCc3ccccc3C2)C(=O)N1CC1CCCO1. The van der Waals surface area contributed by atoms with Crippen molar-refractivity contribution in [2.75, 3.05) is 19.7 Å². The number of rotatable bonds is 5. The molecule has 1 unspecified atom stereocenters. The van der Waals surface area contributed by atoms with Crippen LogP contribution in [-0.4, -0.2) is 52.3 Å². The van der Waals surface area contributed by atoms with E-state index < -0.39 is 4.92 Å². The van der Waals surface area contributed by atoms with Crippen molar-refractivity contribution >= 4 is 23.1 Å². The normalized spacial score (nSPS) is 20.8. The van der Waals surface area contributed by atoms with Crippen LogP contribution < -0.4 is 0 Å². The number of carbonyl (C=O) groups excluding carboxylic acids is 2. The van der Waals surface area contributed by atoms with Crippen LogP contribution >= 0.6 is 0 Å². The maximum atomic E-state index is 13.5. The second kappa shape index (κ2) is 8.20. The molecule has 0 bridgehead atoms. The van der Waals surface area contributed by atoms with Crippen molar-refractivity contribution in [1.29, 1.82) is 0 Å². The number of fused-ring (bicyclic) bond motifs is 1. The van der Waals surface area contributed by atoms with Crippen LogP contribution in [-0.2, 0) is 27.3 Å². The van der Waals surface area contributed by atoms with E-state index in [1.807, 2.05) is 23.1 Å². The molecule has 1 saturated heterocycles. The Balaban J connectivity index is 1.53. The first kappa shape index (κ1) is 20.4. The Morgan fingerprint density at radius 3 is 2.47 bits per heavy atom. The van der Waals surface area contributed by atoms with E-state index in [4.69, 9.17) is 4.74 Å². The van der Waals surface area contributed by atoms with Crippen LogP contribution in [0.4, 0.5) is 5.69 Å². The van der Waals surface area contributed by atoms with E-state index in [1.165, 1.54) is 22.6 Å². The molecule has 8 nitrogen and oxygen atoms in total. The van der Waals surface area contributed by atoms with Crippen molar-refractivity contribution in [2.45, 2.75) is 31.9 Å². The number of imide groups is 1. The fourth-order valence-corrected chi connectivity index (χ4v) is 4.71. The average molecular weight is 433 g/mol. The van der Waals surface area contributed by atoms with Crippen LogP contribution in [0, 0.1) is 10.1 Å². The summed E-state index contributed by atoms with van der Waals surface area (Å²) in [6.07, 6.45) is 2.36. The van der Waals surface area contributed by atoms with E-state index in [-0.39, 0.29) is 30.2 Å². The van der Waals surface area contributed by atoms with Gasteiger partial charge in [0.2, 0.25) is 0 Å². The number of non-ortho nitro benzene ring substituents is 1. The molecule has 2 aromatic rings. The lowest BCUT2D eigenvalue weighted by molar-refractivity contribution is -0.384. The number of carbonyl (C=O) groups is 2. The van der Waals surface area contributed by atoms with Gasteiger partial charge in [-0.3, -0.25) is 24.6 Å². The smallest absolute Gasteiger partial charge is 0.277 e. The Morgan fingerprint density at radius 1 is 1.03 bits per heavy atom. The van der Waals surface area contributed by atoms with E-state index >= 15 is 0 Å². The number of amides is 2. The van der Waals surface area contributed by atoms with Crippen LogP contribution in [0.25, 0.3) is 5.57 Å². The van der Waals surface area contributed by atoms with E-state index in [1.54, 1.807) is 12.1 Å². The van der Waals surface area contributed by atoms with Gasteiger partial charge >= 0.3 is 0 Å². The van der Waals surface area contributed by atoms with Crippen molar-refractivity contribution in [2.24, 2.45) is 0 Å². The summed E-state index contributed by atoms with van der Waals surface area (Å²) in [6, 6.07) is 13.9. The summed E-state index contributed by atoms with van der Waals surface area (Å²) >= 11 is 0. The average Bonchev–Trinajstić information content (AvgIpc) is 3.41. The summed E-state index contributed by atoms with van der Waals surface area (Å²) in [6.45, 7) is 2.02. The topological polar surface area (TPSA) is 93.0 Å². The van der Waals surface area contributed by atoms with Crippen LogP contribution in [0.3, 0.4) is 0 Å². The summed E-state index contributed by atoms with van der Waals surface area (Å²) in [5, 5.41) is 11.1. The van der Waals surface area contributed by atoms with Gasteiger partial charge in [-0.2, -0.15) is 0 Å². The Hall–Kier alpha value is -3.52. The van der Waals surface area contributed by atoms with Crippen LogP contribution in [0.2, 0.25) is 0 Å². The van der Waals surface area contributed by atoms with Crippen LogP contribution in [0.1, 0.15) is 29.5 Å². The van der Waals surface area contributed by atoms with Crippen molar-refractivity contribution < 1.29 is 19.2 Å². The third-order valence-electron chi connectivity index (χ3n) is 6.37. The zero-order valence-corrected chi connectivity index (χ0v) is 17.5. The fourth-order valence-electron chi connectivity index (χ4n) is 4.71. The van der Waals surface area contributed by atoms with Gasteiger partial charge in [-0.15, -0.1) is 0 Å². The minimum absolute atomic E-state index is 0.0595. The number of hydrogen-bond donors (Lipinski definition) is 0. The molecule has 0 aromatic heterocycles. The predicted molar refractivity (Wildman–Crippen MR) is 116 cm³/mol. The van der Waals surface area contributed by atoms with Gasteiger partial charge in [0.05, 0.1) is 23.1 Å². The van der Waals surface area contributed by atoms with Crippen molar-refractivity contribution in [3.63, 3.8) is 0 Å². The minimum atomic E-state index is -0.480. The molecular weight excluding hydrogens is 410 g/mol. The molecular formula is C24H23N3O5. The molecule has 1 fully saturated rings. The highest BCUT2D eigenvalue weighted by Gasteiger charge is 2.43. The monoisotopic (exact) mass is 433 g/mol. The van der Waals surface area contributed by atoms with Crippen LogP contribution in [0.5, 0.6) is 0 Å². The lowest BCUT2D eigenvalue weighted by Gasteiger charge is -2.31. The lowest BCUT2D eigenvalue weighted by Crippen LogP contribution is -2.40. The molecule has 164 valence electrons. The van der Waals surface area contributed by atoms with Gasteiger partial charge in [0, 0.05) is 31.8 Å². The largest absolute Gasteiger partial charge is 0.376 e. The van der Waals surface area contributed by atoms with Gasteiger partial charge in [0.15, 0.2) is 0 Å². The quantitative estimate of drug-likeness (QED) is 0.409.